The largest absolute Gasteiger partial charge is 0.464 e. The van der Waals surface area contributed by atoms with Gasteiger partial charge in [0.25, 0.3) is 5.91 Å². The summed E-state index contributed by atoms with van der Waals surface area (Å²) >= 11 is 0. The number of carbonyl (C=O) groups excluding carboxylic acids is 2. The summed E-state index contributed by atoms with van der Waals surface area (Å²) in [6, 6.07) is 5.74. The van der Waals surface area contributed by atoms with Crippen molar-refractivity contribution in [1.29, 1.82) is 0 Å². The molecule has 0 spiro atoms. The molecular weight excluding hydrogens is 246 g/mol. The van der Waals surface area contributed by atoms with Crippen LogP contribution in [0.1, 0.15) is 18.1 Å². The highest BCUT2D eigenvalue weighted by molar-refractivity contribution is 5.87. The average molecular weight is 261 g/mol. The molecule has 1 amide bonds. The summed E-state index contributed by atoms with van der Waals surface area (Å²) in [5, 5.41) is 0.870. The molecule has 1 aromatic carbocycles. The van der Waals surface area contributed by atoms with E-state index in [1.807, 2.05) is 25.1 Å². The molecule has 1 atom stereocenters. The van der Waals surface area contributed by atoms with Crippen LogP contribution < -0.4 is 5.73 Å². The smallest absolute Gasteiger partial charge is 0.311 e. The van der Waals surface area contributed by atoms with Crippen LogP contribution in [0.5, 0.6) is 0 Å². The molecule has 100 valence electrons. The van der Waals surface area contributed by atoms with E-state index < -0.39 is 18.0 Å². The van der Waals surface area contributed by atoms with Crippen LogP contribution in [0.3, 0.4) is 0 Å². The van der Waals surface area contributed by atoms with Crippen molar-refractivity contribution in [3.8, 4) is 0 Å². The van der Waals surface area contributed by atoms with Crippen molar-refractivity contribution in [2.24, 2.45) is 5.73 Å². The second-order valence-electron chi connectivity index (χ2n) is 4.47. The third-order valence-corrected chi connectivity index (χ3v) is 2.85. The summed E-state index contributed by atoms with van der Waals surface area (Å²) in [5.74, 6) is -1.17. The molecule has 5 heteroatoms. The lowest BCUT2D eigenvalue weighted by Gasteiger charge is -2.08. The van der Waals surface area contributed by atoms with E-state index in [2.05, 4.69) is 0 Å². The molecule has 1 aromatic heterocycles. The highest BCUT2D eigenvalue weighted by atomic mass is 16.5. The second kappa shape index (κ2) is 5.14. The van der Waals surface area contributed by atoms with Gasteiger partial charge in [-0.05, 0) is 25.5 Å². The molecule has 0 aliphatic rings. The minimum absolute atomic E-state index is 0.0493. The van der Waals surface area contributed by atoms with Gasteiger partial charge in [0.05, 0.1) is 12.7 Å². The Bertz CT molecular complexity index is 629. The molecule has 0 aliphatic heterocycles. The van der Waals surface area contributed by atoms with Gasteiger partial charge >= 0.3 is 5.97 Å². The van der Waals surface area contributed by atoms with E-state index in [4.69, 9.17) is 14.9 Å². The number of hydrogen-bond donors (Lipinski definition) is 1. The number of benzene rings is 1. The van der Waals surface area contributed by atoms with Gasteiger partial charge < -0.3 is 14.9 Å². The van der Waals surface area contributed by atoms with Crippen LogP contribution in [0.2, 0.25) is 0 Å². The maximum Gasteiger partial charge on any atom is 0.311 e. The number of fused-ring (bicyclic) bond motifs is 1. The number of aryl methyl sites for hydroxylation is 1. The van der Waals surface area contributed by atoms with Crippen molar-refractivity contribution in [2.45, 2.75) is 26.4 Å². The van der Waals surface area contributed by atoms with Gasteiger partial charge in [-0.25, -0.2) is 0 Å². The Morgan fingerprint density at radius 1 is 1.42 bits per heavy atom. The first-order chi connectivity index (χ1) is 8.97. The number of amides is 1. The zero-order chi connectivity index (χ0) is 14.0. The van der Waals surface area contributed by atoms with Crippen molar-refractivity contribution in [3.05, 3.63) is 35.6 Å². The van der Waals surface area contributed by atoms with Gasteiger partial charge in [-0.1, -0.05) is 12.1 Å². The fraction of sp³-hybridized carbons (Fsp3) is 0.286. The van der Waals surface area contributed by atoms with Gasteiger partial charge in [-0.2, -0.15) is 0 Å². The highest BCUT2D eigenvalue weighted by Gasteiger charge is 2.17. The van der Waals surface area contributed by atoms with Crippen LogP contribution in [0, 0.1) is 6.92 Å². The summed E-state index contributed by atoms with van der Waals surface area (Å²) < 4.78 is 10.3. The average Bonchev–Trinajstić information content (AvgIpc) is 2.71. The Morgan fingerprint density at radius 3 is 2.84 bits per heavy atom. The number of ether oxygens (including phenoxy) is 1. The maximum atomic E-state index is 11.7. The van der Waals surface area contributed by atoms with Crippen molar-refractivity contribution in [3.63, 3.8) is 0 Å². The normalized spacial score (nSPS) is 12.3. The van der Waals surface area contributed by atoms with Gasteiger partial charge in [0.1, 0.15) is 5.58 Å². The molecule has 2 aromatic rings. The van der Waals surface area contributed by atoms with Crippen LogP contribution in [0.4, 0.5) is 0 Å². The molecule has 2 N–H and O–H groups in total. The molecule has 0 fully saturated rings. The topological polar surface area (TPSA) is 82.5 Å². The minimum Gasteiger partial charge on any atom is -0.464 e. The van der Waals surface area contributed by atoms with Crippen LogP contribution in [0.25, 0.3) is 11.0 Å². The first-order valence-electron chi connectivity index (χ1n) is 5.93. The summed E-state index contributed by atoms with van der Waals surface area (Å²) in [4.78, 5) is 22.5. The number of carbonyl (C=O) groups is 2. The Hall–Kier alpha value is -2.30. The van der Waals surface area contributed by atoms with Crippen molar-refractivity contribution < 1.29 is 18.7 Å². The molecule has 1 heterocycles. The van der Waals surface area contributed by atoms with E-state index in [1.165, 1.54) is 13.2 Å². The summed E-state index contributed by atoms with van der Waals surface area (Å²) in [7, 11) is 0. The number of nitrogens with two attached hydrogens (primary N) is 1. The first-order valence-corrected chi connectivity index (χ1v) is 5.93. The number of primary amides is 1. The molecule has 0 saturated carbocycles. The number of rotatable bonds is 4. The van der Waals surface area contributed by atoms with E-state index in [0.717, 1.165) is 22.1 Å². The van der Waals surface area contributed by atoms with Crippen LogP contribution >= 0.6 is 0 Å². The lowest BCUT2D eigenvalue weighted by atomic mass is 10.1. The Kier molecular flexibility index (Phi) is 3.55. The van der Waals surface area contributed by atoms with Gasteiger partial charge in [0, 0.05) is 10.9 Å². The molecule has 0 aliphatic carbocycles. The van der Waals surface area contributed by atoms with E-state index in [-0.39, 0.29) is 6.42 Å². The monoisotopic (exact) mass is 261 g/mol. The van der Waals surface area contributed by atoms with Crippen molar-refractivity contribution >= 4 is 22.8 Å². The predicted molar refractivity (Wildman–Crippen MR) is 69.4 cm³/mol. The second-order valence-corrected chi connectivity index (χ2v) is 4.47. The van der Waals surface area contributed by atoms with E-state index in [9.17, 15) is 9.59 Å². The van der Waals surface area contributed by atoms with Gasteiger partial charge in [-0.15, -0.1) is 0 Å². The van der Waals surface area contributed by atoms with Gasteiger partial charge in [-0.3, -0.25) is 9.59 Å². The molecule has 0 bridgehead atoms. The number of esters is 1. The molecule has 0 saturated heterocycles. The van der Waals surface area contributed by atoms with Gasteiger partial charge in [0.2, 0.25) is 0 Å². The molecular formula is C14H15NO4. The molecule has 0 unspecified atom stereocenters. The summed E-state index contributed by atoms with van der Waals surface area (Å²) in [5.41, 5.74) is 7.57. The van der Waals surface area contributed by atoms with E-state index in [0.29, 0.717) is 0 Å². The lowest BCUT2D eigenvalue weighted by molar-refractivity contribution is -0.153. The molecule has 19 heavy (non-hydrogen) atoms. The standard InChI is InChI=1S/C14H15NO4/c1-8-3-4-11-10(7-18-12(11)5-8)6-13(16)19-9(2)14(15)17/h3-5,7,9H,6H2,1-2H3,(H2,15,17)/t9-/m0/s1. The van der Waals surface area contributed by atoms with E-state index in [1.54, 1.807) is 0 Å². The van der Waals surface area contributed by atoms with E-state index >= 15 is 0 Å². The zero-order valence-corrected chi connectivity index (χ0v) is 10.8. The quantitative estimate of drug-likeness (QED) is 0.849. The molecule has 0 radical (unpaired) electrons. The molecule has 2 rings (SSSR count). The van der Waals surface area contributed by atoms with Crippen molar-refractivity contribution in [2.75, 3.05) is 0 Å². The number of furan rings is 1. The fourth-order valence-electron chi connectivity index (χ4n) is 1.78. The van der Waals surface area contributed by atoms with Crippen LogP contribution in [-0.2, 0) is 20.7 Å². The summed E-state index contributed by atoms with van der Waals surface area (Å²) in [6.45, 7) is 3.40. The Balaban J connectivity index is 2.13. The van der Waals surface area contributed by atoms with Crippen molar-refractivity contribution in [1.82, 2.24) is 0 Å². The van der Waals surface area contributed by atoms with Gasteiger partial charge in [0.15, 0.2) is 6.10 Å². The third kappa shape index (κ3) is 2.93. The number of hydrogen-bond acceptors (Lipinski definition) is 4. The Morgan fingerprint density at radius 2 is 2.16 bits per heavy atom. The predicted octanol–water partition coefficient (Wildman–Crippen LogP) is 1.70. The zero-order valence-electron chi connectivity index (χ0n) is 10.8. The summed E-state index contributed by atoms with van der Waals surface area (Å²) in [6.07, 6.45) is 0.654. The lowest BCUT2D eigenvalue weighted by Crippen LogP contribution is -2.30. The Labute approximate surface area is 110 Å². The fourth-order valence-corrected chi connectivity index (χ4v) is 1.78. The molecule has 5 nitrogen and oxygen atoms in total. The first kappa shape index (κ1) is 13.1. The SMILES string of the molecule is Cc1ccc2c(CC(=O)O[C@@H](C)C(N)=O)coc2c1. The highest BCUT2D eigenvalue weighted by Crippen LogP contribution is 2.23. The van der Waals surface area contributed by atoms with Crippen LogP contribution in [0.15, 0.2) is 28.9 Å². The maximum absolute atomic E-state index is 11.7. The minimum atomic E-state index is -0.923. The third-order valence-electron chi connectivity index (χ3n) is 2.85. The van der Waals surface area contributed by atoms with Crippen LogP contribution in [-0.4, -0.2) is 18.0 Å².